The number of benzene rings is 1. The number of hydrogen-bond acceptors (Lipinski definition) is 3. The van der Waals surface area contributed by atoms with E-state index >= 15 is 0 Å². The summed E-state index contributed by atoms with van der Waals surface area (Å²) in [6.07, 6.45) is -1.09. The van der Waals surface area contributed by atoms with Gasteiger partial charge in [-0.15, -0.1) is 0 Å². The van der Waals surface area contributed by atoms with E-state index in [0.29, 0.717) is 21.4 Å². The van der Waals surface area contributed by atoms with Crippen LogP contribution in [0, 0.1) is 0 Å². The lowest BCUT2D eigenvalue weighted by molar-refractivity contribution is 0.151. The molecule has 1 aromatic carbocycles. The van der Waals surface area contributed by atoms with E-state index < -0.39 is 6.43 Å². The fraction of sp³-hybridized carbons (Fsp3) is 0.200. The Kier molecular flexibility index (Phi) is 3.00. The quantitative estimate of drug-likeness (QED) is 0.850. The third-order valence-electron chi connectivity index (χ3n) is 2.06. The van der Waals surface area contributed by atoms with Crippen LogP contribution in [0.5, 0.6) is 5.88 Å². The Morgan fingerprint density at radius 2 is 2.12 bits per heavy atom. The third-order valence-corrected chi connectivity index (χ3v) is 2.67. The topological polar surface area (TPSA) is 35.0 Å². The minimum Gasteiger partial charge on any atom is -0.480 e. The molecule has 0 N–H and O–H groups in total. The van der Waals surface area contributed by atoms with Gasteiger partial charge in [-0.2, -0.15) is 0 Å². The number of rotatable bonds is 2. The molecule has 0 aliphatic rings. The molecular weight excluding hydrogens is 282 g/mol. The van der Waals surface area contributed by atoms with E-state index in [1.54, 1.807) is 0 Å². The summed E-state index contributed by atoms with van der Waals surface area (Å²) in [5.41, 5.74) is 0.816. The highest BCUT2D eigenvalue weighted by atomic mass is 79.9. The number of fused-ring (bicyclic) bond motifs is 1. The Morgan fingerprint density at radius 3 is 2.75 bits per heavy atom. The molecule has 0 unspecified atom stereocenters. The van der Waals surface area contributed by atoms with Gasteiger partial charge in [0.2, 0.25) is 5.88 Å². The first-order valence-electron chi connectivity index (χ1n) is 4.40. The molecule has 2 rings (SSSR count). The van der Waals surface area contributed by atoms with Crippen molar-refractivity contribution < 1.29 is 13.5 Å². The molecule has 0 radical (unpaired) electrons. The van der Waals surface area contributed by atoms with Gasteiger partial charge in [-0.1, -0.05) is 0 Å². The maximum atomic E-state index is 12.6. The van der Waals surface area contributed by atoms with Crippen molar-refractivity contribution in [2.75, 3.05) is 7.11 Å². The Bertz CT molecular complexity index is 533. The first kappa shape index (κ1) is 11.2. The number of alkyl halides is 2. The second-order valence-corrected chi connectivity index (χ2v) is 3.94. The summed E-state index contributed by atoms with van der Waals surface area (Å²) < 4.78 is 30.5. The lowest BCUT2D eigenvalue weighted by Crippen LogP contribution is -1.93. The average Bonchev–Trinajstić information content (AvgIpc) is 2.28. The van der Waals surface area contributed by atoms with Crippen molar-refractivity contribution in [3.63, 3.8) is 0 Å². The van der Waals surface area contributed by atoms with Crippen LogP contribution in [-0.2, 0) is 0 Å². The molecule has 1 heterocycles. The van der Waals surface area contributed by atoms with Gasteiger partial charge in [0, 0.05) is 10.0 Å². The molecule has 3 nitrogen and oxygen atoms in total. The zero-order valence-corrected chi connectivity index (χ0v) is 9.83. The van der Waals surface area contributed by atoms with Crippen LogP contribution in [0.4, 0.5) is 8.78 Å². The molecule has 16 heavy (non-hydrogen) atoms. The van der Waals surface area contributed by atoms with Crippen LogP contribution in [0.2, 0.25) is 0 Å². The highest BCUT2D eigenvalue weighted by Gasteiger charge is 2.12. The van der Waals surface area contributed by atoms with Gasteiger partial charge in [0.25, 0.3) is 6.43 Å². The van der Waals surface area contributed by atoms with Crippen LogP contribution in [0.25, 0.3) is 11.0 Å². The summed E-state index contributed by atoms with van der Waals surface area (Å²) >= 11 is 3.19. The maximum absolute atomic E-state index is 12.6. The lowest BCUT2D eigenvalue weighted by Gasteiger charge is -2.05. The molecule has 0 fully saturated rings. The monoisotopic (exact) mass is 288 g/mol. The summed E-state index contributed by atoms with van der Waals surface area (Å²) in [6.45, 7) is 0. The number of halogens is 3. The molecule has 0 saturated heterocycles. The molecule has 0 saturated carbocycles. The molecule has 0 spiro atoms. The molecule has 0 atom stereocenters. The van der Waals surface area contributed by atoms with Gasteiger partial charge < -0.3 is 4.74 Å². The Morgan fingerprint density at radius 1 is 1.38 bits per heavy atom. The predicted octanol–water partition coefficient (Wildman–Crippen LogP) is 3.34. The van der Waals surface area contributed by atoms with E-state index in [4.69, 9.17) is 4.74 Å². The minimum absolute atomic E-state index is 0.0954. The molecule has 84 valence electrons. The molecule has 0 bridgehead atoms. The van der Waals surface area contributed by atoms with Gasteiger partial charge >= 0.3 is 0 Å². The number of ether oxygens (including phenoxy) is 1. The van der Waals surface area contributed by atoms with Crippen LogP contribution in [-0.4, -0.2) is 17.1 Å². The molecule has 0 aliphatic carbocycles. The van der Waals surface area contributed by atoms with Crippen LogP contribution in [0.3, 0.4) is 0 Å². The van der Waals surface area contributed by atoms with Crippen molar-refractivity contribution in [3.05, 3.63) is 28.4 Å². The minimum atomic E-state index is -2.53. The second-order valence-electron chi connectivity index (χ2n) is 3.08. The van der Waals surface area contributed by atoms with E-state index in [0.717, 1.165) is 0 Å². The van der Waals surface area contributed by atoms with E-state index in [9.17, 15) is 8.78 Å². The summed E-state index contributed by atoms with van der Waals surface area (Å²) in [5, 5.41) is 0. The zero-order chi connectivity index (χ0) is 11.7. The third kappa shape index (κ3) is 1.97. The largest absolute Gasteiger partial charge is 0.480 e. The van der Waals surface area contributed by atoms with Gasteiger partial charge in [0.1, 0.15) is 5.52 Å². The van der Waals surface area contributed by atoms with Gasteiger partial charge in [-0.3, -0.25) is 0 Å². The summed E-state index contributed by atoms with van der Waals surface area (Å²) in [4.78, 5) is 8.12. The Labute approximate surface area is 98.6 Å². The highest BCUT2D eigenvalue weighted by Crippen LogP contribution is 2.29. The SMILES string of the molecule is COc1cnc2c(Br)cc(C(F)F)cc2n1. The van der Waals surface area contributed by atoms with Crippen LogP contribution in [0.15, 0.2) is 22.8 Å². The number of nitrogens with zero attached hydrogens (tertiary/aromatic N) is 2. The Balaban J connectivity index is 2.68. The first-order chi connectivity index (χ1) is 7.61. The van der Waals surface area contributed by atoms with Crippen molar-refractivity contribution in [2.24, 2.45) is 0 Å². The summed E-state index contributed by atoms with van der Waals surface area (Å²) in [5.74, 6) is 0.297. The highest BCUT2D eigenvalue weighted by molar-refractivity contribution is 9.10. The van der Waals surface area contributed by atoms with Crippen molar-refractivity contribution in [1.29, 1.82) is 0 Å². The van der Waals surface area contributed by atoms with Gasteiger partial charge in [-0.25, -0.2) is 18.7 Å². The predicted molar refractivity (Wildman–Crippen MR) is 58.7 cm³/mol. The normalized spacial score (nSPS) is 11.1. The van der Waals surface area contributed by atoms with Crippen molar-refractivity contribution in [2.45, 2.75) is 6.43 Å². The van der Waals surface area contributed by atoms with Crippen LogP contribution < -0.4 is 4.74 Å². The van der Waals surface area contributed by atoms with E-state index in [2.05, 4.69) is 25.9 Å². The number of hydrogen-bond donors (Lipinski definition) is 0. The number of methoxy groups -OCH3 is 1. The Hall–Kier alpha value is -1.30. The maximum Gasteiger partial charge on any atom is 0.263 e. The lowest BCUT2D eigenvalue weighted by atomic mass is 10.2. The molecule has 2 aromatic rings. The van der Waals surface area contributed by atoms with Crippen LogP contribution >= 0.6 is 15.9 Å². The van der Waals surface area contributed by atoms with E-state index in [1.165, 1.54) is 25.4 Å². The molecular formula is C10H7BrF2N2O. The average molecular weight is 289 g/mol. The molecule has 1 aromatic heterocycles. The molecule has 0 aliphatic heterocycles. The van der Waals surface area contributed by atoms with Crippen molar-refractivity contribution in [3.8, 4) is 5.88 Å². The van der Waals surface area contributed by atoms with Crippen molar-refractivity contribution >= 4 is 27.0 Å². The summed E-state index contributed by atoms with van der Waals surface area (Å²) in [6, 6.07) is 2.65. The molecule has 0 amide bonds. The van der Waals surface area contributed by atoms with Gasteiger partial charge in [0.15, 0.2) is 0 Å². The standard InChI is InChI=1S/C10H7BrF2N2O/c1-16-8-4-14-9-6(11)2-5(10(12)13)3-7(9)15-8/h2-4,10H,1H3. The van der Waals surface area contributed by atoms with Crippen molar-refractivity contribution in [1.82, 2.24) is 9.97 Å². The number of aromatic nitrogens is 2. The van der Waals surface area contributed by atoms with Gasteiger partial charge in [0.05, 0.1) is 18.8 Å². The fourth-order valence-electron chi connectivity index (χ4n) is 1.31. The molecule has 6 heteroatoms. The fourth-order valence-corrected chi connectivity index (χ4v) is 1.88. The van der Waals surface area contributed by atoms with Crippen LogP contribution in [0.1, 0.15) is 12.0 Å². The first-order valence-corrected chi connectivity index (χ1v) is 5.19. The van der Waals surface area contributed by atoms with E-state index in [-0.39, 0.29) is 5.56 Å². The smallest absolute Gasteiger partial charge is 0.263 e. The van der Waals surface area contributed by atoms with Gasteiger partial charge in [-0.05, 0) is 28.1 Å². The summed E-state index contributed by atoms with van der Waals surface area (Å²) in [7, 11) is 1.45. The second kappa shape index (κ2) is 4.29. The zero-order valence-electron chi connectivity index (χ0n) is 8.25. The van der Waals surface area contributed by atoms with E-state index in [1.807, 2.05) is 0 Å².